The second kappa shape index (κ2) is 11.3. The Kier molecular flexibility index (Phi) is 10.2. The normalized spacial score (nSPS) is 15.1. The fourth-order valence-electron chi connectivity index (χ4n) is 1.74. The van der Waals surface area contributed by atoms with Crippen LogP contribution in [0.1, 0.15) is 13.3 Å². The van der Waals surface area contributed by atoms with Gasteiger partial charge < -0.3 is 37.0 Å². The average molecular weight is 394 g/mol. The fraction of sp³-hybridized carbons (Fsp3) is 0.615. The number of carboxylic acids is 2. The fourth-order valence-corrected chi connectivity index (χ4v) is 2.00. The highest BCUT2D eigenvalue weighted by atomic mass is 32.1. The largest absolute Gasteiger partial charge is 0.481 e. The number of carboxylic acid groups (broad SMARTS) is 2. The number of carbonyl (C=O) groups is 5. The molecule has 4 unspecified atom stereocenters. The van der Waals surface area contributed by atoms with E-state index in [1.165, 1.54) is 0 Å². The molecule has 8 N–H and O–H groups in total. The van der Waals surface area contributed by atoms with Crippen molar-refractivity contribution >= 4 is 42.3 Å². The minimum Gasteiger partial charge on any atom is -0.481 e. The van der Waals surface area contributed by atoms with Crippen LogP contribution in [-0.2, 0) is 24.0 Å². The van der Waals surface area contributed by atoms with E-state index in [1.54, 1.807) is 0 Å². The van der Waals surface area contributed by atoms with E-state index >= 15 is 0 Å². The SMILES string of the molecule is CC(O)C(NC(=O)C(CS)NC(=O)CN)C(=O)NC(CC(=O)O)C(=O)O. The first-order chi connectivity index (χ1) is 12.0. The van der Waals surface area contributed by atoms with Crippen LogP contribution >= 0.6 is 12.6 Å². The lowest BCUT2D eigenvalue weighted by Gasteiger charge is -2.25. The van der Waals surface area contributed by atoms with Crippen LogP contribution in [0.4, 0.5) is 0 Å². The molecule has 0 fully saturated rings. The van der Waals surface area contributed by atoms with Gasteiger partial charge in [0.1, 0.15) is 18.1 Å². The molecular weight excluding hydrogens is 372 g/mol. The molecule has 0 aliphatic rings. The third-order valence-electron chi connectivity index (χ3n) is 3.08. The summed E-state index contributed by atoms with van der Waals surface area (Å²) in [5.41, 5.74) is 5.12. The molecule has 0 aromatic heterocycles. The zero-order chi connectivity index (χ0) is 20.4. The van der Waals surface area contributed by atoms with E-state index in [0.29, 0.717) is 0 Å². The first-order valence-electron chi connectivity index (χ1n) is 7.37. The van der Waals surface area contributed by atoms with Crippen LogP contribution in [0.2, 0.25) is 0 Å². The second-order valence-corrected chi connectivity index (χ2v) is 5.60. The molecule has 0 heterocycles. The van der Waals surface area contributed by atoms with Crippen LogP contribution in [0.15, 0.2) is 0 Å². The molecule has 13 heteroatoms. The number of hydrogen-bond acceptors (Lipinski definition) is 8. The maximum absolute atomic E-state index is 12.1. The number of amides is 3. The number of rotatable bonds is 11. The minimum absolute atomic E-state index is 0.136. The van der Waals surface area contributed by atoms with Crippen molar-refractivity contribution in [2.24, 2.45) is 5.73 Å². The molecule has 148 valence electrons. The summed E-state index contributed by atoms with van der Waals surface area (Å²) in [4.78, 5) is 57.2. The standard InChI is InChI=1S/C13H22N4O8S/c1-5(18)10(12(23)16-6(13(24)25)2-9(20)21)17-11(22)7(4-26)15-8(19)3-14/h5-7,10,18,26H,2-4,14H2,1H3,(H,15,19)(H,16,23)(H,17,22)(H,20,21)(H,24,25). The summed E-state index contributed by atoms with van der Waals surface area (Å²) in [6.45, 7) is 0.777. The lowest BCUT2D eigenvalue weighted by atomic mass is 10.1. The van der Waals surface area contributed by atoms with Gasteiger partial charge in [-0.05, 0) is 6.92 Å². The van der Waals surface area contributed by atoms with Crippen molar-refractivity contribution in [3.8, 4) is 0 Å². The monoisotopic (exact) mass is 394 g/mol. The van der Waals surface area contributed by atoms with Gasteiger partial charge in [-0.25, -0.2) is 4.79 Å². The van der Waals surface area contributed by atoms with Gasteiger partial charge in [-0.3, -0.25) is 19.2 Å². The van der Waals surface area contributed by atoms with Gasteiger partial charge >= 0.3 is 11.9 Å². The van der Waals surface area contributed by atoms with E-state index in [2.05, 4.69) is 23.3 Å². The van der Waals surface area contributed by atoms with Crippen LogP contribution < -0.4 is 21.7 Å². The highest BCUT2D eigenvalue weighted by Crippen LogP contribution is 2.00. The van der Waals surface area contributed by atoms with Gasteiger partial charge in [-0.15, -0.1) is 0 Å². The van der Waals surface area contributed by atoms with E-state index in [0.717, 1.165) is 6.92 Å². The Morgan fingerprint density at radius 2 is 1.58 bits per heavy atom. The molecule has 0 aromatic carbocycles. The zero-order valence-electron chi connectivity index (χ0n) is 13.8. The molecule has 0 aromatic rings. The van der Waals surface area contributed by atoms with Crippen molar-refractivity contribution < 1.29 is 39.3 Å². The number of aliphatic hydroxyl groups excluding tert-OH is 1. The minimum atomic E-state index is -1.75. The summed E-state index contributed by atoms with van der Waals surface area (Å²) >= 11 is 3.89. The number of carbonyl (C=O) groups excluding carboxylic acids is 3. The summed E-state index contributed by atoms with van der Waals surface area (Å²) in [5, 5.41) is 33.6. The van der Waals surface area contributed by atoms with Crippen LogP contribution in [0.5, 0.6) is 0 Å². The van der Waals surface area contributed by atoms with E-state index in [1.807, 2.05) is 5.32 Å². The lowest BCUT2D eigenvalue weighted by Crippen LogP contribution is -2.59. The molecule has 4 atom stereocenters. The topological polar surface area (TPSA) is 208 Å². The third kappa shape index (κ3) is 8.13. The first-order valence-corrected chi connectivity index (χ1v) is 8.00. The first kappa shape index (κ1) is 23.6. The molecule has 0 saturated carbocycles. The Labute approximate surface area is 153 Å². The van der Waals surface area contributed by atoms with Crippen molar-refractivity contribution in [2.75, 3.05) is 12.3 Å². The quantitative estimate of drug-likeness (QED) is 0.162. The summed E-state index contributed by atoms with van der Waals surface area (Å²) in [5.74, 6) is -5.82. The zero-order valence-corrected chi connectivity index (χ0v) is 14.7. The average Bonchev–Trinajstić information content (AvgIpc) is 2.55. The van der Waals surface area contributed by atoms with Crippen LogP contribution in [0.25, 0.3) is 0 Å². The van der Waals surface area contributed by atoms with Gasteiger partial charge in [0.15, 0.2) is 0 Å². The molecule has 12 nitrogen and oxygen atoms in total. The maximum atomic E-state index is 12.1. The van der Waals surface area contributed by atoms with Gasteiger partial charge in [0.2, 0.25) is 17.7 Å². The van der Waals surface area contributed by atoms with Gasteiger partial charge in [0.05, 0.1) is 19.1 Å². The number of aliphatic hydroxyl groups is 1. The van der Waals surface area contributed by atoms with Gasteiger partial charge in [0, 0.05) is 5.75 Å². The Morgan fingerprint density at radius 1 is 1.00 bits per heavy atom. The van der Waals surface area contributed by atoms with Gasteiger partial charge in [-0.1, -0.05) is 0 Å². The summed E-state index contributed by atoms with van der Waals surface area (Å²) in [6.07, 6.45) is -2.34. The second-order valence-electron chi connectivity index (χ2n) is 5.23. The molecular formula is C13H22N4O8S. The van der Waals surface area contributed by atoms with E-state index in [-0.39, 0.29) is 12.3 Å². The van der Waals surface area contributed by atoms with Crippen LogP contribution in [-0.4, -0.2) is 81.5 Å². The molecule has 0 aliphatic heterocycles. The molecule has 0 spiro atoms. The highest BCUT2D eigenvalue weighted by molar-refractivity contribution is 7.80. The van der Waals surface area contributed by atoms with Gasteiger partial charge in [0.25, 0.3) is 0 Å². The van der Waals surface area contributed by atoms with Crippen molar-refractivity contribution in [1.29, 1.82) is 0 Å². The Morgan fingerprint density at radius 3 is 1.96 bits per heavy atom. The number of hydrogen-bond donors (Lipinski definition) is 8. The summed E-state index contributed by atoms with van der Waals surface area (Å²) in [6, 6.07) is -4.50. The Hall–Kier alpha value is -2.38. The molecule has 0 rings (SSSR count). The number of nitrogens with one attached hydrogen (secondary N) is 3. The predicted molar refractivity (Wildman–Crippen MR) is 90.3 cm³/mol. The van der Waals surface area contributed by atoms with E-state index in [4.69, 9.17) is 15.9 Å². The number of thiol groups is 1. The van der Waals surface area contributed by atoms with Crippen LogP contribution in [0.3, 0.4) is 0 Å². The maximum Gasteiger partial charge on any atom is 0.326 e. The number of aliphatic carboxylic acids is 2. The van der Waals surface area contributed by atoms with Crippen LogP contribution in [0, 0.1) is 0 Å². The molecule has 0 aliphatic carbocycles. The number of nitrogens with two attached hydrogens (primary N) is 1. The van der Waals surface area contributed by atoms with E-state index in [9.17, 15) is 29.1 Å². The molecule has 0 bridgehead atoms. The third-order valence-corrected chi connectivity index (χ3v) is 3.44. The predicted octanol–water partition coefficient (Wildman–Crippen LogP) is -3.73. The van der Waals surface area contributed by atoms with Crippen molar-refractivity contribution in [3.05, 3.63) is 0 Å². The summed E-state index contributed by atoms with van der Waals surface area (Å²) in [7, 11) is 0. The molecule has 26 heavy (non-hydrogen) atoms. The Bertz CT molecular complexity index is 556. The van der Waals surface area contributed by atoms with Crippen molar-refractivity contribution in [2.45, 2.75) is 37.6 Å². The Balaban J connectivity index is 5.12. The van der Waals surface area contributed by atoms with E-state index < -0.39 is 60.3 Å². The lowest BCUT2D eigenvalue weighted by molar-refractivity contribution is -0.147. The highest BCUT2D eigenvalue weighted by Gasteiger charge is 2.32. The molecule has 0 radical (unpaired) electrons. The van der Waals surface area contributed by atoms with Gasteiger partial charge in [-0.2, -0.15) is 12.6 Å². The van der Waals surface area contributed by atoms with Crippen molar-refractivity contribution in [3.63, 3.8) is 0 Å². The van der Waals surface area contributed by atoms with Crippen molar-refractivity contribution in [1.82, 2.24) is 16.0 Å². The molecule has 3 amide bonds. The molecule has 0 saturated heterocycles. The summed E-state index contributed by atoms with van der Waals surface area (Å²) < 4.78 is 0. The smallest absolute Gasteiger partial charge is 0.326 e.